The van der Waals surface area contributed by atoms with Crippen molar-refractivity contribution in [3.8, 4) is 0 Å². The van der Waals surface area contributed by atoms with Crippen molar-refractivity contribution < 1.29 is 0 Å². The lowest BCUT2D eigenvalue weighted by Crippen LogP contribution is -2.37. The smallest absolute Gasteiger partial charge is 0.262 e. The van der Waals surface area contributed by atoms with Crippen LogP contribution in [0.4, 0.5) is 0 Å². The number of fused-ring (bicyclic) bond motifs is 3. The van der Waals surface area contributed by atoms with Crippen LogP contribution in [0.5, 0.6) is 0 Å². The van der Waals surface area contributed by atoms with Crippen molar-refractivity contribution in [2.24, 2.45) is 11.3 Å². The lowest BCUT2D eigenvalue weighted by Gasteiger charge is -2.33. The van der Waals surface area contributed by atoms with Gasteiger partial charge in [0.1, 0.15) is 10.7 Å². The molecule has 27 heavy (non-hydrogen) atoms. The molecule has 4 rings (SSSR count). The molecule has 0 N–H and O–H groups in total. The van der Waals surface area contributed by atoms with Crippen LogP contribution in [0.1, 0.15) is 69.3 Å². The fourth-order valence-electron chi connectivity index (χ4n) is 4.90. The zero-order chi connectivity index (χ0) is 19.3. The molecule has 1 aliphatic carbocycles. The maximum absolute atomic E-state index is 13.6. The second kappa shape index (κ2) is 7.00. The Balaban J connectivity index is 1.80. The zero-order valence-electron chi connectivity index (χ0n) is 17.5. The molecule has 1 saturated heterocycles. The molecule has 1 atom stereocenters. The fourth-order valence-corrected chi connectivity index (χ4v) is 6.21. The number of hydrogen-bond acceptors (Lipinski definition) is 4. The first kappa shape index (κ1) is 19.1. The molecule has 0 amide bonds. The third-order valence-corrected chi connectivity index (χ3v) is 7.93. The van der Waals surface area contributed by atoms with Gasteiger partial charge in [-0.05, 0) is 69.1 Å². The zero-order valence-corrected chi connectivity index (χ0v) is 18.3. The predicted molar refractivity (Wildman–Crippen MR) is 114 cm³/mol. The molecule has 1 unspecified atom stereocenters. The molecule has 0 radical (unpaired) electrons. The largest absolute Gasteiger partial charge is 0.306 e. The number of aromatic nitrogens is 2. The van der Waals surface area contributed by atoms with E-state index < -0.39 is 0 Å². The molecule has 0 spiro atoms. The van der Waals surface area contributed by atoms with Crippen LogP contribution >= 0.6 is 11.3 Å². The molecular weight excluding hydrogens is 354 g/mol. The summed E-state index contributed by atoms with van der Waals surface area (Å²) in [7, 11) is 2.17. The van der Waals surface area contributed by atoms with Gasteiger partial charge in [0, 0.05) is 17.3 Å². The Morgan fingerprint density at radius 3 is 2.52 bits per heavy atom. The normalized spacial score (nSPS) is 22.3. The number of aryl methyl sites for hydroxylation is 2. The highest BCUT2D eigenvalue weighted by atomic mass is 32.1. The van der Waals surface area contributed by atoms with Gasteiger partial charge in [0.05, 0.1) is 5.39 Å². The number of hydrogen-bond donors (Lipinski definition) is 0. The molecule has 0 aromatic carbocycles. The van der Waals surface area contributed by atoms with Gasteiger partial charge in [0.15, 0.2) is 0 Å². The van der Waals surface area contributed by atoms with Gasteiger partial charge in [0.2, 0.25) is 0 Å². The summed E-state index contributed by atoms with van der Waals surface area (Å²) in [6.45, 7) is 11.3. The van der Waals surface area contributed by atoms with E-state index in [1.165, 1.54) is 16.9 Å². The summed E-state index contributed by atoms with van der Waals surface area (Å²) >= 11 is 1.79. The molecule has 2 aromatic rings. The molecule has 4 nitrogen and oxygen atoms in total. The predicted octanol–water partition coefficient (Wildman–Crippen LogP) is 4.44. The Morgan fingerprint density at radius 1 is 1.19 bits per heavy atom. The molecule has 2 aliphatic rings. The van der Waals surface area contributed by atoms with Crippen LogP contribution in [-0.4, -0.2) is 34.6 Å². The Hall–Kier alpha value is -1.20. The molecule has 2 aromatic heterocycles. The lowest BCUT2D eigenvalue weighted by molar-refractivity contribution is 0.215. The maximum atomic E-state index is 13.6. The topological polar surface area (TPSA) is 38.1 Å². The lowest BCUT2D eigenvalue weighted by atomic mass is 9.72. The Labute approximate surface area is 166 Å². The van der Waals surface area contributed by atoms with Crippen molar-refractivity contribution in [3.63, 3.8) is 0 Å². The number of thiophene rings is 1. The van der Waals surface area contributed by atoms with Gasteiger partial charge >= 0.3 is 0 Å². The molecule has 148 valence electrons. The molecule has 0 bridgehead atoms. The summed E-state index contributed by atoms with van der Waals surface area (Å²) in [4.78, 5) is 23.4. The van der Waals surface area contributed by atoms with Gasteiger partial charge in [-0.2, -0.15) is 0 Å². The Morgan fingerprint density at radius 2 is 1.89 bits per heavy atom. The number of piperidine rings is 1. The summed E-state index contributed by atoms with van der Waals surface area (Å²) < 4.78 is 2.07. The summed E-state index contributed by atoms with van der Waals surface area (Å²) in [5.41, 5.74) is 1.87. The highest BCUT2D eigenvalue weighted by molar-refractivity contribution is 7.18. The van der Waals surface area contributed by atoms with Gasteiger partial charge in [-0.25, -0.2) is 4.98 Å². The van der Waals surface area contributed by atoms with E-state index in [4.69, 9.17) is 4.98 Å². The van der Waals surface area contributed by atoms with Crippen LogP contribution in [0.2, 0.25) is 0 Å². The van der Waals surface area contributed by atoms with Crippen LogP contribution in [0.3, 0.4) is 0 Å². The van der Waals surface area contributed by atoms with Gasteiger partial charge in [-0.3, -0.25) is 9.36 Å². The average molecular weight is 388 g/mol. The number of likely N-dealkylation sites (tertiary alicyclic amines) is 1. The van der Waals surface area contributed by atoms with E-state index in [-0.39, 0.29) is 5.56 Å². The first-order valence-electron chi connectivity index (χ1n) is 10.5. The van der Waals surface area contributed by atoms with E-state index in [1.807, 2.05) is 0 Å². The molecule has 1 fully saturated rings. The van der Waals surface area contributed by atoms with Crippen LogP contribution in [0.25, 0.3) is 10.2 Å². The second-order valence-corrected chi connectivity index (χ2v) is 10.7. The summed E-state index contributed by atoms with van der Waals surface area (Å²) in [6.07, 6.45) is 6.25. The van der Waals surface area contributed by atoms with Crippen LogP contribution < -0.4 is 5.56 Å². The average Bonchev–Trinajstić information content (AvgIpc) is 2.99. The number of rotatable bonds is 2. The van der Waals surface area contributed by atoms with E-state index in [1.54, 1.807) is 11.3 Å². The van der Waals surface area contributed by atoms with Gasteiger partial charge in [-0.15, -0.1) is 11.3 Å². The molecule has 3 heterocycles. The summed E-state index contributed by atoms with van der Waals surface area (Å²) in [5.74, 6) is 1.67. The monoisotopic (exact) mass is 387 g/mol. The number of nitrogens with zero attached hydrogens (tertiary/aromatic N) is 3. The van der Waals surface area contributed by atoms with E-state index in [9.17, 15) is 4.79 Å². The van der Waals surface area contributed by atoms with Crippen LogP contribution in [0.15, 0.2) is 4.79 Å². The van der Waals surface area contributed by atoms with Crippen molar-refractivity contribution in [1.29, 1.82) is 0 Å². The minimum Gasteiger partial charge on any atom is -0.306 e. The molecular formula is C22H33N3OS. The summed E-state index contributed by atoms with van der Waals surface area (Å²) in [6, 6.07) is 0.307. The van der Waals surface area contributed by atoms with Gasteiger partial charge < -0.3 is 4.90 Å². The van der Waals surface area contributed by atoms with Gasteiger partial charge in [0.25, 0.3) is 5.56 Å². The highest BCUT2D eigenvalue weighted by Crippen LogP contribution is 2.42. The molecule has 0 saturated carbocycles. The third-order valence-electron chi connectivity index (χ3n) is 6.78. The van der Waals surface area contributed by atoms with E-state index >= 15 is 0 Å². The quantitative estimate of drug-likeness (QED) is 0.765. The first-order valence-corrected chi connectivity index (χ1v) is 11.4. The SMILES string of the molecule is CCc1nc2sc3c(c2c(=O)n1C1CCN(C)CC1)CCC(C(C)(C)C)C3. The fraction of sp³-hybridized carbons (Fsp3) is 0.727. The molecule has 1 aliphatic heterocycles. The minimum atomic E-state index is 0.234. The van der Waals surface area contributed by atoms with Crippen molar-refractivity contribution in [3.05, 3.63) is 26.6 Å². The van der Waals surface area contributed by atoms with Crippen LogP contribution in [-0.2, 0) is 19.3 Å². The standard InChI is InChI=1S/C22H33N3OS/c1-6-18-23-20-19(21(26)25(18)15-9-11-24(5)12-10-15)16-8-7-14(22(2,3)4)13-17(16)27-20/h14-15H,6-13H2,1-5H3. The summed E-state index contributed by atoms with van der Waals surface area (Å²) in [5, 5.41) is 0.943. The minimum absolute atomic E-state index is 0.234. The maximum Gasteiger partial charge on any atom is 0.262 e. The molecule has 5 heteroatoms. The first-order chi connectivity index (χ1) is 12.8. The van der Waals surface area contributed by atoms with Crippen molar-refractivity contribution in [1.82, 2.24) is 14.5 Å². The van der Waals surface area contributed by atoms with Crippen molar-refractivity contribution in [2.45, 2.75) is 72.3 Å². The second-order valence-electron chi connectivity index (χ2n) is 9.58. The Kier molecular flexibility index (Phi) is 4.96. The third kappa shape index (κ3) is 3.38. The van der Waals surface area contributed by atoms with E-state index in [2.05, 4.69) is 44.2 Å². The van der Waals surface area contributed by atoms with Gasteiger partial charge in [-0.1, -0.05) is 27.7 Å². The van der Waals surface area contributed by atoms with E-state index in [0.717, 1.165) is 61.2 Å². The Bertz CT molecular complexity index is 897. The van der Waals surface area contributed by atoms with Crippen molar-refractivity contribution >= 4 is 21.6 Å². The highest BCUT2D eigenvalue weighted by Gasteiger charge is 2.32. The van der Waals surface area contributed by atoms with Crippen LogP contribution in [0, 0.1) is 11.3 Å². The van der Waals surface area contributed by atoms with Crippen molar-refractivity contribution in [2.75, 3.05) is 20.1 Å². The van der Waals surface area contributed by atoms with E-state index in [0.29, 0.717) is 17.4 Å².